The number of hydrogen-bond acceptors (Lipinski definition) is 8. The van der Waals surface area contributed by atoms with Gasteiger partial charge in [-0.05, 0) is 24.3 Å². The zero-order valence-corrected chi connectivity index (χ0v) is 20.9. The first kappa shape index (κ1) is 24.3. The number of aryl methyl sites for hydroxylation is 1. The number of morpholine rings is 1. The molecule has 1 fully saturated rings. The fraction of sp³-hybridized carbons (Fsp3) is 0.240. The highest BCUT2D eigenvalue weighted by Crippen LogP contribution is 2.37. The average Bonchev–Trinajstić information content (AvgIpc) is 3.29. The summed E-state index contributed by atoms with van der Waals surface area (Å²) in [7, 11) is 1.92. The molecule has 3 heterocycles. The Morgan fingerprint density at radius 3 is 2.81 bits per heavy atom. The highest BCUT2D eigenvalue weighted by atomic mass is 35.5. The van der Waals surface area contributed by atoms with E-state index in [0.29, 0.717) is 46.1 Å². The Hall–Kier alpha value is -3.36. The molecule has 0 spiro atoms. The van der Waals surface area contributed by atoms with Crippen molar-refractivity contribution in [2.24, 2.45) is 7.05 Å². The van der Waals surface area contributed by atoms with E-state index < -0.39 is 5.82 Å². The molecule has 0 atom stereocenters. The topological polar surface area (TPSA) is 88.2 Å². The van der Waals surface area contributed by atoms with Crippen LogP contribution < -0.4 is 10.1 Å². The van der Waals surface area contributed by atoms with Gasteiger partial charge in [0.25, 0.3) is 0 Å². The van der Waals surface area contributed by atoms with Gasteiger partial charge in [-0.2, -0.15) is 5.26 Å². The highest BCUT2D eigenvalue weighted by molar-refractivity contribution is 7.99. The molecule has 11 heteroatoms. The van der Waals surface area contributed by atoms with Gasteiger partial charge in [0.2, 0.25) is 0 Å². The van der Waals surface area contributed by atoms with Crippen LogP contribution in [0.3, 0.4) is 0 Å². The summed E-state index contributed by atoms with van der Waals surface area (Å²) in [5, 5.41) is 14.9. The van der Waals surface area contributed by atoms with E-state index >= 15 is 0 Å². The molecule has 0 amide bonds. The summed E-state index contributed by atoms with van der Waals surface area (Å²) in [5.74, 6) is -0.425. The second-order valence-corrected chi connectivity index (χ2v) is 9.57. The summed E-state index contributed by atoms with van der Waals surface area (Å²) >= 11 is 8.01. The van der Waals surface area contributed by atoms with Crippen LogP contribution in [-0.2, 0) is 11.8 Å². The first-order chi connectivity index (χ1) is 17.5. The predicted octanol–water partition coefficient (Wildman–Crippen LogP) is 5.20. The fourth-order valence-electron chi connectivity index (χ4n) is 3.77. The van der Waals surface area contributed by atoms with E-state index in [1.165, 1.54) is 24.0 Å². The number of benzene rings is 2. The van der Waals surface area contributed by atoms with Gasteiger partial charge in [-0.15, -0.1) is 0 Å². The van der Waals surface area contributed by atoms with Crippen LogP contribution in [0, 0.1) is 17.1 Å². The van der Waals surface area contributed by atoms with Crippen LogP contribution in [0.5, 0.6) is 5.75 Å². The maximum absolute atomic E-state index is 14.8. The van der Waals surface area contributed by atoms with Crippen LogP contribution in [0.2, 0.25) is 5.02 Å². The summed E-state index contributed by atoms with van der Waals surface area (Å²) in [6.45, 7) is 2.92. The lowest BCUT2D eigenvalue weighted by molar-refractivity contribution is 0.00328. The second-order valence-electron chi connectivity index (χ2n) is 8.16. The minimum absolute atomic E-state index is 0.0915. The highest BCUT2D eigenvalue weighted by Gasteiger charge is 2.17. The van der Waals surface area contributed by atoms with E-state index in [9.17, 15) is 9.65 Å². The molecule has 4 aromatic rings. The molecule has 184 valence electrons. The molecule has 1 saturated heterocycles. The van der Waals surface area contributed by atoms with E-state index in [4.69, 9.17) is 21.1 Å². The van der Waals surface area contributed by atoms with Crippen molar-refractivity contribution in [2.75, 3.05) is 38.4 Å². The monoisotopic (exact) mass is 524 g/mol. The molecule has 1 aliphatic heterocycles. The molecular weight excluding hydrogens is 503 g/mol. The summed E-state index contributed by atoms with van der Waals surface area (Å²) < 4.78 is 27.8. The zero-order valence-electron chi connectivity index (χ0n) is 19.4. The third-order valence-electron chi connectivity index (χ3n) is 5.73. The van der Waals surface area contributed by atoms with Crippen molar-refractivity contribution < 1.29 is 13.9 Å². The van der Waals surface area contributed by atoms with Gasteiger partial charge in [0, 0.05) is 60.8 Å². The molecule has 0 aliphatic carbocycles. The van der Waals surface area contributed by atoms with Gasteiger partial charge < -0.3 is 19.4 Å². The molecule has 8 nitrogen and oxygen atoms in total. The fourth-order valence-corrected chi connectivity index (χ4v) is 4.87. The van der Waals surface area contributed by atoms with E-state index in [1.807, 2.05) is 34.8 Å². The third-order valence-corrected chi connectivity index (χ3v) is 7.30. The Morgan fingerprint density at radius 2 is 2.08 bits per heavy atom. The number of nitriles is 1. The van der Waals surface area contributed by atoms with Crippen LogP contribution in [0.15, 0.2) is 59.0 Å². The minimum Gasteiger partial charge on any atom is -0.475 e. The number of aromatic nitrogens is 3. The first-order valence-electron chi connectivity index (χ1n) is 11.2. The molecule has 0 radical (unpaired) electrons. The molecule has 2 aromatic heterocycles. The maximum atomic E-state index is 14.8. The van der Waals surface area contributed by atoms with Crippen LogP contribution in [0.1, 0.15) is 5.56 Å². The van der Waals surface area contributed by atoms with Crippen LogP contribution >= 0.6 is 23.4 Å². The van der Waals surface area contributed by atoms with Gasteiger partial charge in [0.15, 0.2) is 16.7 Å². The van der Waals surface area contributed by atoms with Gasteiger partial charge in [0.1, 0.15) is 12.8 Å². The van der Waals surface area contributed by atoms with Gasteiger partial charge >= 0.3 is 0 Å². The lowest BCUT2D eigenvalue weighted by Crippen LogP contribution is -2.38. The normalized spacial score (nSPS) is 14.1. The van der Waals surface area contributed by atoms with Crippen molar-refractivity contribution in [1.29, 1.82) is 5.26 Å². The van der Waals surface area contributed by atoms with E-state index in [1.54, 1.807) is 18.3 Å². The smallest absolute Gasteiger partial charge is 0.172 e. The Labute approximate surface area is 216 Å². The lowest BCUT2D eigenvalue weighted by Gasteiger charge is -2.26. The summed E-state index contributed by atoms with van der Waals surface area (Å²) in [6.07, 6.45) is 5.02. The van der Waals surface area contributed by atoms with Gasteiger partial charge in [-0.3, -0.25) is 9.88 Å². The Morgan fingerprint density at radius 1 is 1.25 bits per heavy atom. The number of pyridine rings is 1. The molecule has 36 heavy (non-hydrogen) atoms. The number of rotatable bonds is 7. The number of nitrogens with zero attached hydrogens (tertiary/aromatic N) is 5. The van der Waals surface area contributed by atoms with Crippen molar-refractivity contribution in [3.63, 3.8) is 0 Å². The molecule has 0 unspecified atom stereocenters. The third kappa shape index (κ3) is 5.24. The molecule has 1 aliphatic rings. The van der Waals surface area contributed by atoms with E-state index in [-0.39, 0.29) is 12.5 Å². The largest absolute Gasteiger partial charge is 0.475 e. The Kier molecular flexibility index (Phi) is 7.25. The van der Waals surface area contributed by atoms with Crippen LogP contribution in [0.25, 0.3) is 10.9 Å². The summed E-state index contributed by atoms with van der Waals surface area (Å²) in [5.41, 5.74) is 1.89. The molecule has 5 rings (SSSR count). The molecular formula is C25H22ClFN6O2S. The van der Waals surface area contributed by atoms with Crippen LogP contribution in [-0.4, -0.2) is 52.5 Å². The van der Waals surface area contributed by atoms with E-state index in [2.05, 4.69) is 21.4 Å². The number of hydrogen-bond donors (Lipinski definition) is 1. The van der Waals surface area contributed by atoms with Gasteiger partial charge in [0.05, 0.1) is 35.0 Å². The van der Waals surface area contributed by atoms with E-state index in [0.717, 1.165) is 23.1 Å². The lowest BCUT2D eigenvalue weighted by atomic mass is 10.1. The second kappa shape index (κ2) is 10.7. The number of anilines is 2. The van der Waals surface area contributed by atoms with Crippen molar-refractivity contribution >= 4 is 45.6 Å². The quantitative estimate of drug-likeness (QED) is 0.353. The maximum Gasteiger partial charge on any atom is 0.172 e. The minimum atomic E-state index is -0.516. The summed E-state index contributed by atoms with van der Waals surface area (Å²) in [4.78, 5) is 11.5. The molecule has 2 aromatic carbocycles. The van der Waals surface area contributed by atoms with Gasteiger partial charge in [-0.25, -0.2) is 9.37 Å². The van der Waals surface area contributed by atoms with Crippen LogP contribution in [0.4, 0.5) is 15.8 Å². The Bertz CT molecular complexity index is 1450. The first-order valence-corrected chi connectivity index (χ1v) is 12.4. The summed E-state index contributed by atoms with van der Waals surface area (Å²) in [6, 6.07) is 10.6. The van der Waals surface area contributed by atoms with Crippen molar-refractivity contribution in [3.05, 3.63) is 65.3 Å². The van der Waals surface area contributed by atoms with Crippen molar-refractivity contribution in [1.82, 2.24) is 19.4 Å². The standard InChI is InChI=1S/C25H22ClFN6O2S/c1-32-5-4-29-25(32)36-23-3-2-17(10-19(23)26)31-24-16(13-28)14-30-21-12-20(27)22(11-18(21)24)35-15-33-6-8-34-9-7-33/h2-5,10-12,14H,6-9,15H2,1H3,(H,30,31). The number of ether oxygens (including phenoxy) is 2. The predicted molar refractivity (Wildman–Crippen MR) is 136 cm³/mol. The zero-order chi connectivity index (χ0) is 25.1. The Balaban J connectivity index is 1.43. The number of imidazole rings is 1. The van der Waals surface area contributed by atoms with Crippen molar-refractivity contribution in [2.45, 2.75) is 10.1 Å². The number of nitrogens with one attached hydrogen (secondary N) is 1. The molecule has 1 N–H and O–H groups in total. The SMILES string of the molecule is Cn1ccnc1Sc1ccc(Nc2c(C#N)cnc3cc(F)c(OCN4CCOCC4)cc23)cc1Cl. The van der Waals surface area contributed by atoms with Crippen molar-refractivity contribution in [3.8, 4) is 11.8 Å². The average molecular weight is 525 g/mol. The molecule has 0 saturated carbocycles. The van der Waals surface area contributed by atoms with Gasteiger partial charge in [-0.1, -0.05) is 23.4 Å². The number of halogens is 2. The molecule has 0 bridgehead atoms. The number of fused-ring (bicyclic) bond motifs is 1.